The van der Waals surface area contributed by atoms with Gasteiger partial charge in [-0.1, -0.05) is 22.0 Å². The van der Waals surface area contributed by atoms with Gasteiger partial charge in [-0.05, 0) is 26.0 Å². The first-order valence-electron chi connectivity index (χ1n) is 5.91. The average molecular weight is 316 g/mol. The molecule has 0 aromatic heterocycles. The van der Waals surface area contributed by atoms with Crippen LogP contribution in [0, 0.1) is 11.2 Å². The van der Waals surface area contributed by atoms with E-state index in [1.807, 2.05) is 6.07 Å². The molecule has 0 atom stereocenters. The van der Waals surface area contributed by atoms with Crippen molar-refractivity contribution < 1.29 is 4.39 Å². The van der Waals surface area contributed by atoms with Crippen LogP contribution in [0.1, 0.15) is 25.8 Å². The molecule has 0 amide bonds. The number of amidine groups is 1. The summed E-state index contributed by atoms with van der Waals surface area (Å²) < 4.78 is 14.5. The van der Waals surface area contributed by atoms with Gasteiger partial charge < -0.3 is 5.73 Å². The van der Waals surface area contributed by atoms with Crippen molar-refractivity contribution in [3.8, 4) is 0 Å². The van der Waals surface area contributed by atoms with Gasteiger partial charge in [0.1, 0.15) is 5.82 Å². The number of halogens is 2. The monoisotopic (exact) mass is 315 g/mol. The quantitative estimate of drug-likeness (QED) is 0.626. The molecule has 3 N–H and O–H groups in total. The van der Waals surface area contributed by atoms with Crippen LogP contribution in [0.4, 0.5) is 4.39 Å². The molecule has 0 heterocycles. The van der Waals surface area contributed by atoms with Gasteiger partial charge >= 0.3 is 0 Å². The van der Waals surface area contributed by atoms with Crippen molar-refractivity contribution >= 4 is 21.8 Å². The normalized spacial score (nSPS) is 11.2. The first kappa shape index (κ1) is 15.1. The van der Waals surface area contributed by atoms with E-state index in [4.69, 9.17) is 11.1 Å². The summed E-state index contributed by atoms with van der Waals surface area (Å²) in [5.74, 6) is -0.0465. The van der Waals surface area contributed by atoms with Crippen LogP contribution in [-0.2, 0) is 6.54 Å². The molecule has 1 aromatic rings. The standard InChI is InChI=1S/C13H19BrFN3/c1-9(2)18(6-5-13(16)17)8-10-3-4-11(14)7-12(10)15/h3-4,7,9H,5-6,8H2,1-2H3,(H3,16,17). The number of rotatable bonds is 6. The SMILES string of the molecule is CC(C)N(CCC(=N)N)Cc1ccc(Br)cc1F. The van der Waals surface area contributed by atoms with E-state index in [0.29, 0.717) is 25.1 Å². The molecular formula is C13H19BrFN3. The second-order valence-corrected chi connectivity index (χ2v) is 5.49. The maximum atomic E-state index is 13.7. The minimum atomic E-state index is -0.210. The Balaban J connectivity index is 2.73. The maximum Gasteiger partial charge on any atom is 0.128 e. The van der Waals surface area contributed by atoms with Gasteiger partial charge in [-0.15, -0.1) is 0 Å². The van der Waals surface area contributed by atoms with Gasteiger partial charge in [-0.3, -0.25) is 10.3 Å². The summed E-state index contributed by atoms with van der Waals surface area (Å²) in [6.45, 7) is 5.31. The number of nitrogens with one attached hydrogen (secondary N) is 1. The first-order valence-corrected chi connectivity index (χ1v) is 6.70. The van der Waals surface area contributed by atoms with Crippen molar-refractivity contribution in [2.24, 2.45) is 5.73 Å². The fraction of sp³-hybridized carbons (Fsp3) is 0.462. The Hall–Kier alpha value is -0.940. The largest absolute Gasteiger partial charge is 0.388 e. The van der Waals surface area contributed by atoms with Crippen LogP contribution >= 0.6 is 15.9 Å². The Bertz CT molecular complexity index is 421. The van der Waals surface area contributed by atoms with Crippen molar-refractivity contribution in [3.63, 3.8) is 0 Å². The van der Waals surface area contributed by atoms with Gasteiger partial charge in [0.05, 0.1) is 5.84 Å². The molecule has 0 aliphatic rings. The Labute approximate surface area is 116 Å². The van der Waals surface area contributed by atoms with Gasteiger partial charge in [0.25, 0.3) is 0 Å². The van der Waals surface area contributed by atoms with Gasteiger partial charge in [-0.25, -0.2) is 4.39 Å². The van der Waals surface area contributed by atoms with Crippen LogP contribution in [0.3, 0.4) is 0 Å². The molecule has 1 aromatic carbocycles. The molecule has 0 bridgehead atoms. The second kappa shape index (κ2) is 6.85. The van der Waals surface area contributed by atoms with E-state index in [2.05, 4.69) is 34.7 Å². The summed E-state index contributed by atoms with van der Waals surface area (Å²) in [5, 5.41) is 7.25. The van der Waals surface area contributed by atoms with Crippen molar-refractivity contribution in [1.29, 1.82) is 5.41 Å². The molecule has 0 saturated heterocycles. The third-order valence-corrected chi connectivity index (χ3v) is 3.28. The summed E-state index contributed by atoms with van der Waals surface area (Å²) >= 11 is 3.24. The third-order valence-electron chi connectivity index (χ3n) is 2.79. The second-order valence-electron chi connectivity index (χ2n) is 4.58. The van der Waals surface area contributed by atoms with Crippen LogP contribution in [0.15, 0.2) is 22.7 Å². The van der Waals surface area contributed by atoms with E-state index in [-0.39, 0.29) is 17.7 Å². The Morgan fingerprint density at radius 3 is 2.67 bits per heavy atom. The molecule has 0 aliphatic heterocycles. The minimum absolute atomic E-state index is 0.164. The van der Waals surface area contributed by atoms with E-state index >= 15 is 0 Å². The van der Waals surface area contributed by atoms with Gasteiger partial charge in [0, 0.05) is 35.6 Å². The van der Waals surface area contributed by atoms with E-state index in [1.165, 1.54) is 6.07 Å². The molecule has 3 nitrogen and oxygen atoms in total. The molecule has 0 spiro atoms. The van der Waals surface area contributed by atoms with Crippen LogP contribution in [0.5, 0.6) is 0 Å². The first-order chi connectivity index (χ1) is 8.40. The molecule has 5 heteroatoms. The number of nitrogens with zero attached hydrogens (tertiary/aromatic N) is 1. The highest BCUT2D eigenvalue weighted by molar-refractivity contribution is 9.10. The fourth-order valence-corrected chi connectivity index (χ4v) is 1.99. The van der Waals surface area contributed by atoms with Crippen LogP contribution in [0.2, 0.25) is 0 Å². The highest BCUT2D eigenvalue weighted by atomic mass is 79.9. The number of hydrogen-bond donors (Lipinski definition) is 2. The van der Waals surface area contributed by atoms with Crippen LogP contribution < -0.4 is 5.73 Å². The average Bonchev–Trinajstić information content (AvgIpc) is 2.26. The lowest BCUT2D eigenvalue weighted by molar-refractivity contribution is 0.216. The summed E-state index contributed by atoms with van der Waals surface area (Å²) in [6, 6.07) is 5.37. The topological polar surface area (TPSA) is 53.1 Å². The highest BCUT2D eigenvalue weighted by Crippen LogP contribution is 2.17. The summed E-state index contributed by atoms with van der Waals surface area (Å²) in [4.78, 5) is 2.10. The third kappa shape index (κ3) is 4.74. The van der Waals surface area contributed by atoms with Gasteiger partial charge in [0.2, 0.25) is 0 Å². The van der Waals surface area contributed by atoms with Crippen molar-refractivity contribution in [2.45, 2.75) is 32.9 Å². The molecule has 18 heavy (non-hydrogen) atoms. The molecule has 0 fully saturated rings. The smallest absolute Gasteiger partial charge is 0.128 e. The lowest BCUT2D eigenvalue weighted by atomic mass is 10.1. The van der Waals surface area contributed by atoms with Crippen LogP contribution in [0.25, 0.3) is 0 Å². The molecule has 100 valence electrons. The zero-order chi connectivity index (χ0) is 13.7. The Morgan fingerprint density at radius 2 is 2.17 bits per heavy atom. The van der Waals surface area contributed by atoms with Crippen LogP contribution in [-0.4, -0.2) is 23.3 Å². The molecule has 0 aliphatic carbocycles. The lowest BCUT2D eigenvalue weighted by Gasteiger charge is -2.26. The van der Waals surface area contributed by atoms with Gasteiger partial charge in [-0.2, -0.15) is 0 Å². The summed E-state index contributed by atoms with van der Waals surface area (Å²) in [6.07, 6.45) is 0.510. The van der Waals surface area contributed by atoms with Crippen molar-refractivity contribution in [1.82, 2.24) is 4.90 Å². The predicted octanol–water partition coefficient (Wildman–Crippen LogP) is 3.12. The zero-order valence-electron chi connectivity index (χ0n) is 10.7. The van der Waals surface area contributed by atoms with E-state index in [1.54, 1.807) is 6.07 Å². The number of benzene rings is 1. The van der Waals surface area contributed by atoms with Gasteiger partial charge in [0.15, 0.2) is 0 Å². The molecular weight excluding hydrogens is 297 g/mol. The molecule has 0 saturated carbocycles. The van der Waals surface area contributed by atoms with E-state index in [9.17, 15) is 4.39 Å². The highest BCUT2D eigenvalue weighted by Gasteiger charge is 2.13. The maximum absolute atomic E-state index is 13.7. The van der Waals surface area contributed by atoms with E-state index in [0.717, 1.165) is 4.47 Å². The lowest BCUT2D eigenvalue weighted by Crippen LogP contribution is -2.33. The zero-order valence-corrected chi connectivity index (χ0v) is 12.3. The molecule has 1 rings (SSSR count). The summed E-state index contributed by atoms with van der Waals surface area (Å²) in [5.41, 5.74) is 6.02. The van der Waals surface area contributed by atoms with Crippen molar-refractivity contribution in [3.05, 3.63) is 34.1 Å². The number of nitrogens with two attached hydrogens (primary N) is 1. The fourth-order valence-electron chi connectivity index (χ4n) is 1.65. The van der Waals surface area contributed by atoms with E-state index < -0.39 is 0 Å². The molecule has 0 unspecified atom stereocenters. The summed E-state index contributed by atoms with van der Waals surface area (Å²) in [7, 11) is 0. The number of hydrogen-bond acceptors (Lipinski definition) is 2. The Morgan fingerprint density at radius 1 is 1.50 bits per heavy atom. The minimum Gasteiger partial charge on any atom is -0.388 e. The predicted molar refractivity (Wildman–Crippen MR) is 76.2 cm³/mol. The Kier molecular flexibility index (Phi) is 5.75. The molecule has 0 radical (unpaired) electrons. The van der Waals surface area contributed by atoms with Crippen molar-refractivity contribution in [2.75, 3.05) is 6.54 Å².